The van der Waals surface area contributed by atoms with Crippen molar-refractivity contribution in [3.63, 3.8) is 0 Å². The van der Waals surface area contributed by atoms with Gasteiger partial charge in [-0.25, -0.2) is 0 Å². The maximum Gasteiger partial charge on any atom is 0.161 e. The number of hydrogen-bond donors (Lipinski definition) is 2. The Balaban J connectivity index is 2.31. The fraction of sp³-hybridized carbons (Fsp3) is 0.400. The molecule has 0 aromatic heterocycles. The molecule has 3 heteroatoms. The number of aryl methyl sites for hydroxylation is 1. The summed E-state index contributed by atoms with van der Waals surface area (Å²) in [6, 6.07) is 1.61. The van der Waals surface area contributed by atoms with Crippen LogP contribution in [0.4, 0.5) is 0 Å². The Morgan fingerprint density at radius 1 is 1.06 bits per heavy atom. The van der Waals surface area contributed by atoms with Crippen LogP contribution < -0.4 is 0 Å². The number of carbonyl (C=O) groups excluding carboxylic acids is 1. The van der Waals surface area contributed by atoms with E-state index in [1.54, 1.807) is 6.07 Å². The van der Waals surface area contributed by atoms with E-state index < -0.39 is 0 Å². The average Bonchev–Trinajstić information content (AvgIpc) is 2.77. The van der Waals surface area contributed by atoms with Crippen LogP contribution in [0.25, 0.3) is 5.57 Å². The highest BCUT2D eigenvalue weighted by Crippen LogP contribution is 2.45. The summed E-state index contributed by atoms with van der Waals surface area (Å²) in [5, 5.41) is 19.6. The Hall–Kier alpha value is -1.77. The van der Waals surface area contributed by atoms with Crippen LogP contribution in [-0.2, 0) is 11.2 Å². The van der Waals surface area contributed by atoms with E-state index in [1.165, 1.54) is 0 Å². The fourth-order valence-corrected chi connectivity index (χ4v) is 3.20. The molecule has 3 rings (SSSR count). The second kappa shape index (κ2) is 3.87. The average molecular weight is 244 g/mol. The predicted molar refractivity (Wildman–Crippen MR) is 68.6 cm³/mol. The van der Waals surface area contributed by atoms with Gasteiger partial charge in [0.2, 0.25) is 0 Å². The monoisotopic (exact) mass is 244 g/mol. The van der Waals surface area contributed by atoms with Crippen molar-refractivity contribution in [2.45, 2.75) is 39.0 Å². The van der Waals surface area contributed by atoms with E-state index in [0.29, 0.717) is 18.4 Å². The normalized spacial score (nSPS) is 18.6. The van der Waals surface area contributed by atoms with Gasteiger partial charge in [-0.15, -0.1) is 0 Å². The van der Waals surface area contributed by atoms with Crippen LogP contribution in [0.15, 0.2) is 11.6 Å². The molecule has 0 spiro atoms. The van der Waals surface area contributed by atoms with E-state index in [4.69, 9.17) is 0 Å². The summed E-state index contributed by atoms with van der Waals surface area (Å²) in [5.74, 6) is 0.0969. The van der Waals surface area contributed by atoms with Gasteiger partial charge in [0.05, 0.1) is 0 Å². The predicted octanol–water partition coefficient (Wildman–Crippen LogP) is 2.86. The molecule has 0 atom stereocenters. The zero-order valence-electron chi connectivity index (χ0n) is 10.4. The number of ketones is 1. The second-order valence-corrected chi connectivity index (χ2v) is 5.14. The molecule has 0 heterocycles. The molecule has 0 bridgehead atoms. The number of phenolic OH excluding ortho intramolecular Hbond substituents is 2. The minimum absolute atomic E-state index is 0.0538. The molecule has 0 unspecified atom stereocenters. The molecule has 94 valence electrons. The number of aromatic hydroxyl groups is 2. The number of carbonyl (C=O) groups is 1. The second-order valence-electron chi connectivity index (χ2n) is 5.14. The molecule has 0 saturated heterocycles. The van der Waals surface area contributed by atoms with Gasteiger partial charge in [-0.3, -0.25) is 4.79 Å². The van der Waals surface area contributed by atoms with E-state index in [1.807, 2.05) is 6.92 Å². The standard InChI is InChI=1S/C15H16O3/c1-8-14-9(7-13(17)15(8)18)5-6-12(16)10-3-2-4-11(10)14/h7,17-18H,2-6H2,1H3. The number of phenols is 2. The molecule has 1 aromatic rings. The Bertz CT molecular complexity index is 582. The third-order valence-electron chi connectivity index (χ3n) is 4.08. The molecular weight excluding hydrogens is 228 g/mol. The van der Waals surface area contributed by atoms with E-state index in [2.05, 4.69) is 0 Å². The summed E-state index contributed by atoms with van der Waals surface area (Å²) in [6.45, 7) is 1.81. The smallest absolute Gasteiger partial charge is 0.161 e. The summed E-state index contributed by atoms with van der Waals surface area (Å²) in [4.78, 5) is 12.1. The zero-order chi connectivity index (χ0) is 12.9. The highest BCUT2D eigenvalue weighted by Gasteiger charge is 2.29. The number of Topliss-reactive ketones (excluding diaryl/α,β-unsaturated/α-hetero) is 1. The van der Waals surface area contributed by atoms with Crippen LogP contribution in [0, 0.1) is 6.92 Å². The molecule has 1 aromatic carbocycles. The number of hydrogen-bond acceptors (Lipinski definition) is 3. The minimum Gasteiger partial charge on any atom is -0.504 e. The third kappa shape index (κ3) is 1.47. The Labute approximate surface area is 106 Å². The summed E-state index contributed by atoms with van der Waals surface area (Å²) in [7, 11) is 0. The molecule has 2 N–H and O–H groups in total. The van der Waals surface area contributed by atoms with Crippen LogP contribution in [0.1, 0.15) is 42.4 Å². The maximum absolute atomic E-state index is 12.1. The number of benzene rings is 1. The van der Waals surface area contributed by atoms with Gasteiger partial charge in [-0.1, -0.05) is 0 Å². The first-order valence-electron chi connectivity index (χ1n) is 6.39. The summed E-state index contributed by atoms with van der Waals surface area (Å²) in [6.07, 6.45) is 3.93. The Morgan fingerprint density at radius 2 is 1.78 bits per heavy atom. The molecule has 2 aliphatic rings. The summed E-state index contributed by atoms with van der Waals surface area (Å²) >= 11 is 0. The molecule has 0 aliphatic heterocycles. The SMILES string of the molecule is Cc1c(O)c(O)cc2c1C1=C(CCC1)C(=O)CC2. The van der Waals surface area contributed by atoms with Gasteiger partial charge in [0, 0.05) is 12.0 Å². The van der Waals surface area contributed by atoms with Gasteiger partial charge in [0.15, 0.2) is 17.3 Å². The van der Waals surface area contributed by atoms with Gasteiger partial charge in [0.25, 0.3) is 0 Å². The van der Waals surface area contributed by atoms with Crippen LogP contribution in [0.2, 0.25) is 0 Å². The Morgan fingerprint density at radius 3 is 2.56 bits per heavy atom. The van der Waals surface area contributed by atoms with Crippen molar-refractivity contribution in [2.24, 2.45) is 0 Å². The van der Waals surface area contributed by atoms with Crippen molar-refractivity contribution in [1.29, 1.82) is 0 Å². The lowest BCUT2D eigenvalue weighted by atomic mass is 9.92. The van der Waals surface area contributed by atoms with Crippen molar-refractivity contribution in [3.05, 3.63) is 28.3 Å². The van der Waals surface area contributed by atoms with E-state index in [-0.39, 0.29) is 17.3 Å². The van der Waals surface area contributed by atoms with Crippen molar-refractivity contribution in [2.75, 3.05) is 0 Å². The molecule has 0 amide bonds. The molecule has 0 radical (unpaired) electrons. The quantitative estimate of drug-likeness (QED) is 0.690. The van der Waals surface area contributed by atoms with Crippen LogP contribution in [-0.4, -0.2) is 16.0 Å². The first-order chi connectivity index (χ1) is 8.59. The summed E-state index contributed by atoms with van der Waals surface area (Å²) in [5.41, 5.74) is 4.74. The number of fused-ring (bicyclic) bond motifs is 2. The highest BCUT2D eigenvalue weighted by molar-refractivity contribution is 6.05. The molecule has 0 saturated carbocycles. The number of allylic oxidation sites excluding steroid dienone is 2. The first kappa shape index (κ1) is 11.3. The molecule has 2 aliphatic carbocycles. The van der Waals surface area contributed by atoms with Crippen molar-refractivity contribution in [1.82, 2.24) is 0 Å². The lowest BCUT2D eigenvalue weighted by Crippen LogP contribution is -2.00. The van der Waals surface area contributed by atoms with Crippen LogP contribution >= 0.6 is 0 Å². The van der Waals surface area contributed by atoms with Crippen molar-refractivity contribution < 1.29 is 15.0 Å². The van der Waals surface area contributed by atoms with E-state index >= 15 is 0 Å². The molecule has 3 nitrogen and oxygen atoms in total. The lowest BCUT2D eigenvalue weighted by Gasteiger charge is -2.15. The molecular formula is C15H16O3. The Kier molecular flexibility index (Phi) is 2.44. The van der Waals surface area contributed by atoms with Crippen LogP contribution in [0.5, 0.6) is 11.5 Å². The van der Waals surface area contributed by atoms with Crippen LogP contribution in [0.3, 0.4) is 0 Å². The topological polar surface area (TPSA) is 57.5 Å². The van der Waals surface area contributed by atoms with Crippen molar-refractivity contribution in [3.8, 4) is 11.5 Å². The lowest BCUT2D eigenvalue weighted by molar-refractivity contribution is -0.115. The van der Waals surface area contributed by atoms with Gasteiger partial charge in [-0.2, -0.15) is 0 Å². The van der Waals surface area contributed by atoms with E-state index in [0.717, 1.165) is 41.5 Å². The maximum atomic E-state index is 12.1. The highest BCUT2D eigenvalue weighted by atomic mass is 16.3. The number of rotatable bonds is 0. The first-order valence-corrected chi connectivity index (χ1v) is 6.39. The van der Waals surface area contributed by atoms with E-state index in [9.17, 15) is 15.0 Å². The largest absolute Gasteiger partial charge is 0.504 e. The van der Waals surface area contributed by atoms with Crippen molar-refractivity contribution >= 4 is 11.4 Å². The molecule has 0 fully saturated rings. The van der Waals surface area contributed by atoms with Gasteiger partial charge in [0.1, 0.15) is 0 Å². The molecule has 18 heavy (non-hydrogen) atoms. The van der Waals surface area contributed by atoms with Gasteiger partial charge >= 0.3 is 0 Å². The minimum atomic E-state index is -0.0826. The third-order valence-corrected chi connectivity index (χ3v) is 4.08. The van der Waals surface area contributed by atoms with Gasteiger partial charge < -0.3 is 10.2 Å². The summed E-state index contributed by atoms with van der Waals surface area (Å²) < 4.78 is 0. The fourth-order valence-electron chi connectivity index (χ4n) is 3.20. The zero-order valence-corrected chi connectivity index (χ0v) is 10.4. The van der Waals surface area contributed by atoms with Gasteiger partial charge in [-0.05, 0) is 60.9 Å².